The first-order chi connectivity index (χ1) is 10.5. The van der Waals surface area contributed by atoms with Gasteiger partial charge in [-0.05, 0) is 41.7 Å². The molecule has 1 aliphatic carbocycles. The number of hydrogen-bond acceptors (Lipinski definition) is 3. The minimum Gasteiger partial charge on any atom is -0.503 e. The Morgan fingerprint density at radius 2 is 1.82 bits per heavy atom. The molecule has 0 saturated carbocycles. The van der Waals surface area contributed by atoms with Crippen molar-refractivity contribution in [2.24, 2.45) is 0 Å². The van der Waals surface area contributed by atoms with Crippen LogP contribution < -0.4 is 5.32 Å². The summed E-state index contributed by atoms with van der Waals surface area (Å²) in [5.41, 5.74) is 1.46. The Balaban J connectivity index is 1.67. The van der Waals surface area contributed by atoms with Crippen molar-refractivity contribution < 1.29 is 19.0 Å². The third-order valence-corrected chi connectivity index (χ3v) is 4.15. The Morgan fingerprint density at radius 1 is 1.14 bits per heavy atom. The van der Waals surface area contributed by atoms with Gasteiger partial charge >= 0.3 is 0 Å². The van der Waals surface area contributed by atoms with E-state index in [2.05, 4.69) is 5.32 Å². The molecule has 0 aromatic heterocycles. The number of benzene rings is 2. The van der Waals surface area contributed by atoms with Crippen molar-refractivity contribution in [1.82, 2.24) is 5.32 Å². The average molecular weight is 305 g/mol. The molecule has 2 aromatic carbocycles. The Kier molecular flexibility index (Phi) is 3.85. The van der Waals surface area contributed by atoms with Crippen LogP contribution in [0.2, 0.25) is 0 Å². The van der Waals surface area contributed by atoms with E-state index in [4.69, 9.17) is 5.11 Å². The topological polar surface area (TPSA) is 52.5 Å². The predicted octanol–water partition coefficient (Wildman–Crippen LogP) is 2.59. The summed E-state index contributed by atoms with van der Waals surface area (Å²) in [4.78, 5) is 0. The van der Waals surface area contributed by atoms with E-state index < -0.39 is 23.0 Å². The van der Waals surface area contributed by atoms with Gasteiger partial charge in [-0.3, -0.25) is 0 Å². The number of phenols is 1. The minimum absolute atomic E-state index is 0.207. The van der Waals surface area contributed by atoms with Crippen molar-refractivity contribution in [3.05, 3.63) is 64.7 Å². The summed E-state index contributed by atoms with van der Waals surface area (Å²) in [6.07, 6.45) is 1.44. The van der Waals surface area contributed by atoms with Gasteiger partial charge in [-0.25, -0.2) is 8.78 Å². The Morgan fingerprint density at radius 3 is 2.55 bits per heavy atom. The molecule has 0 fully saturated rings. The maximum absolute atomic E-state index is 13.3. The first-order valence-electron chi connectivity index (χ1n) is 7.18. The summed E-state index contributed by atoms with van der Waals surface area (Å²) in [5, 5.41) is 22.8. The number of aliphatic hydroxyl groups is 1. The van der Waals surface area contributed by atoms with Gasteiger partial charge in [0.15, 0.2) is 17.4 Å². The quantitative estimate of drug-likeness (QED) is 0.814. The van der Waals surface area contributed by atoms with Gasteiger partial charge < -0.3 is 15.5 Å². The largest absolute Gasteiger partial charge is 0.503 e. The van der Waals surface area contributed by atoms with Crippen LogP contribution in [0.15, 0.2) is 36.4 Å². The summed E-state index contributed by atoms with van der Waals surface area (Å²) < 4.78 is 26.5. The molecular weight excluding hydrogens is 288 g/mol. The SMILES string of the molecule is Oc1c(F)cc(CNC[C@@]2(O)CCc3ccccc32)cc1F. The van der Waals surface area contributed by atoms with E-state index in [0.29, 0.717) is 18.5 Å². The predicted molar refractivity (Wildman–Crippen MR) is 78.4 cm³/mol. The summed E-state index contributed by atoms with van der Waals surface area (Å²) in [5.74, 6) is -2.93. The van der Waals surface area contributed by atoms with E-state index >= 15 is 0 Å². The number of fused-ring (bicyclic) bond motifs is 1. The van der Waals surface area contributed by atoms with Crippen LogP contribution in [0.5, 0.6) is 5.75 Å². The molecular formula is C17H17F2NO2. The number of aromatic hydroxyl groups is 1. The lowest BCUT2D eigenvalue weighted by molar-refractivity contribution is 0.0384. The van der Waals surface area contributed by atoms with Gasteiger partial charge in [0, 0.05) is 13.1 Å². The van der Waals surface area contributed by atoms with E-state index in [1.54, 1.807) is 0 Å². The molecule has 2 aromatic rings. The van der Waals surface area contributed by atoms with Crippen molar-refractivity contribution in [3.63, 3.8) is 0 Å². The van der Waals surface area contributed by atoms with Gasteiger partial charge in [0.2, 0.25) is 0 Å². The molecule has 3 rings (SSSR count). The minimum atomic E-state index is -0.985. The van der Waals surface area contributed by atoms with Crippen LogP contribution in [-0.4, -0.2) is 16.8 Å². The van der Waals surface area contributed by atoms with Gasteiger partial charge in [0.25, 0.3) is 0 Å². The van der Waals surface area contributed by atoms with Crippen LogP contribution in [0.3, 0.4) is 0 Å². The second-order valence-electron chi connectivity index (χ2n) is 5.70. The number of halogens is 2. The summed E-state index contributed by atoms with van der Waals surface area (Å²) in [7, 11) is 0. The molecule has 0 amide bonds. The number of rotatable bonds is 4. The zero-order valence-electron chi connectivity index (χ0n) is 11.9. The van der Waals surface area contributed by atoms with E-state index in [0.717, 1.165) is 29.7 Å². The van der Waals surface area contributed by atoms with Crippen LogP contribution in [0.1, 0.15) is 23.1 Å². The lowest BCUT2D eigenvalue weighted by Gasteiger charge is -2.24. The third-order valence-electron chi connectivity index (χ3n) is 4.15. The van der Waals surface area contributed by atoms with Crippen molar-refractivity contribution in [3.8, 4) is 5.75 Å². The average Bonchev–Trinajstić information content (AvgIpc) is 2.83. The molecule has 3 N–H and O–H groups in total. The monoisotopic (exact) mass is 305 g/mol. The highest BCUT2D eigenvalue weighted by Gasteiger charge is 2.35. The third kappa shape index (κ3) is 2.69. The number of aryl methyl sites for hydroxylation is 1. The van der Waals surface area contributed by atoms with Crippen LogP contribution >= 0.6 is 0 Å². The van der Waals surface area contributed by atoms with Crippen LogP contribution in [0, 0.1) is 11.6 Å². The van der Waals surface area contributed by atoms with Crippen molar-refractivity contribution in [1.29, 1.82) is 0 Å². The first-order valence-corrected chi connectivity index (χ1v) is 7.18. The lowest BCUT2D eigenvalue weighted by Crippen LogP contribution is -2.36. The van der Waals surface area contributed by atoms with Gasteiger partial charge in [-0.2, -0.15) is 0 Å². The van der Waals surface area contributed by atoms with Crippen molar-refractivity contribution >= 4 is 0 Å². The highest BCUT2D eigenvalue weighted by molar-refractivity contribution is 5.37. The molecule has 1 atom stereocenters. The highest BCUT2D eigenvalue weighted by Crippen LogP contribution is 2.36. The fraction of sp³-hybridized carbons (Fsp3) is 0.294. The highest BCUT2D eigenvalue weighted by atomic mass is 19.1. The molecule has 3 nitrogen and oxygen atoms in total. The molecule has 0 heterocycles. The maximum atomic E-state index is 13.3. The van der Waals surface area contributed by atoms with Crippen molar-refractivity contribution in [2.45, 2.75) is 25.0 Å². The standard InChI is InChI=1S/C17H17F2NO2/c18-14-7-11(8-15(19)16(14)21)9-20-10-17(22)6-5-12-3-1-2-4-13(12)17/h1-4,7-8,20-22H,5-6,9-10H2/t17-/m0/s1. The van der Waals surface area contributed by atoms with E-state index in [9.17, 15) is 13.9 Å². The number of hydrogen-bond donors (Lipinski definition) is 3. The molecule has 0 radical (unpaired) electrons. The van der Waals surface area contributed by atoms with Crippen LogP contribution in [0.4, 0.5) is 8.78 Å². The summed E-state index contributed by atoms with van der Waals surface area (Å²) >= 11 is 0. The molecule has 0 aliphatic heterocycles. The zero-order valence-corrected chi connectivity index (χ0v) is 11.9. The van der Waals surface area contributed by atoms with E-state index in [1.165, 1.54) is 0 Å². The van der Waals surface area contributed by atoms with Crippen molar-refractivity contribution in [2.75, 3.05) is 6.54 Å². The first kappa shape index (κ1) is 14.9. The second kappa shape index (κ2) is 5.66. The Hall–Kier alpha value is -1.98. The molecule has 0 saturated heterocycles. The Labute approximate surface area is 127 Å². The fourth-order valence-corrected chi connectivity index (χ4v) is 2.99. The smallest absolute Gasteiger partial charge is 0.187 e. The van der Waals surface area contributed by atoms with Gasteiger partial charge in [-0.15, -0.1) is 0 Å². The Bertz CT molecular complexity index is 682. The maximum Gasteiger partial charge on any atom is 0.187 e. The van der Waals surface area contributed by atoms with Gasteiger partial charge in [0.1, 0.15) is 5.60 Å². The van der Waals surface area contributed by atoms with Crippen LogP contribution in [-0.2, 0) is 18.6 Å². The normalized spacial score (nSPS) is 20.1. The molecule has 5 heteroatoms. The second-order valence-corrected chi connectivity index (χ2v) is 5.70. The molecule has 116 valence electrons. The van der Waals surface area contributed by atoms with Gasteiger partial charge in [0.05, 0.1) is 0 Å². The molecule has 0 unspecified atom stereocenters. The van der Waals surface area contributed by atoms with E-state index in [1.807, 2.05) is 24.3 Å². The number of phenolic OH excluding ortho intramolecular Hbond substituents is 1. The van der Waals surface area contributed by atoms with E-state index in [-0.39, 0.29) is 6.54 Å². The number of nitrogens with one attached hydrogen (secondary N) is 1. The molecule has 0 spiro atoms. The summed E-state index contributed by atoms with van der Waals surface area (Å²) in [6.45, 7) is 0.507. The zero-order chi connectivity index (χ0) is 15.7. The van der Waals surface area contributed by atoms with Gasteiger partial charge in [-0.1, -0.05) is 24.3 Å². The molecule has 22 heavy (non-hydrogen) atoms. The lowest BCUT2D eigenvalue weighted by atomic mass is 9.96. The van der Waals surface area contributed by atoms with Crippen LogP contribution in [0.25, 0.3) is 0 Å². The fourth-order valence-electron chi connectivity index (χ4n) is 2.99. The summed E-state index contributed by atoms with van der Waals surface area (Å²) in [6, 6.07) is 9.90. The molecule has 1 aliphatic rings. The molecule has 0 bridgehead atoms.